The van der Waals surface area contributed by atoms with Crippen molar-refractivity contribution in [1.29, 1.82) is 0 Å². The van der Waals surface area contributed by atoms with E-state index in [0.717, 1.165) is 22.9 Å². The SMILES string of the molecule is COc1ccc(CNC(=O)C(C)Sc2nnc(Cc3cccc(F)c3)o2)cc1OC. The fraction of sp³-hybridized carbons (Fsp3) is 0.286. The molecule has 1 N–H and O–H groups in total. The molecule has 0 saturated carbocycles. The number of ether oxygens (including phenoxy) is 2. The first kappa shape index (κ1) is 21.6. The molecule has 0 saturated heterocycles. The molecule has 1 heterocycles. The third-order valence-corrected chi connectivity index (χ3v) is 5.19. The first-order chi connectivity index (χ1) is 14.5. The van der Waals surface area contributed by atoms with Crippen molar-refractivity contribution in [2.45, 2.75) is 30.4 Å². The van der Waals surface area contributed by atoms with Crippen LogP contribution in [-0.2, 0) is 17.8 Å². The highest BCUT2D eigenvalue weighted by atomic mass is 32.2. The van der Waals surface area contributed by atoms with E-state index < -0.39 is 5.25 Å². The Labute approximate surface area is 178 Å². The van der Waals surface area contributed by atoms with E-state index in [1.165, 1.54) is 12.1 Å². The van der Waals surface area contributed by atoms with Gasteiger partial charge in [-0.15, -0.1) is 10.2 Å². The Hall–Kier alpha value is -3.07. The normalized spacial score (nSPS) is 11.7. The zero-order valence-electron chi connectivity index (χ0n) is 16.8. The lowest BCUT2D eigenvalue weighted by atomic mass is 10.1. The average molecular weight is 431 g/mol. The summed E-state index contributed by atoms with van der Waals surface area (Å²) < 4.78 is 29.3. The van der Waals surface area contributed by atoms with Crippen molar-refractivity contribution < 1.29 is 23.1 Å². The predicted octanol–water partition coefficient (Wildman–Crippen LogP) is 3.61. The van der Waals surface area contributed by atoms with Gasteiger partial charge >= 0.3 is 0 Å². The molecule has 0 spiro atoms. The molecule has 3 rings (SSSR count). The Bertz CT molecular complexity index is 1010. The summed E-state index contributed by atoms with van der Waals surface area (Å²) in [4.78, 5) is 12.4. The van der Waals surface area contributed by atoms with Crippen LogP contribution in [0.25, 0.3) is 0 Å². The van der Waals surface area contributed by atoms with Crippen molar-refractivity contribution in [1.82, 2.24) is 15.5 Å². The van der Waals surface area contributed by atoms with Crippen molar-refractivity contribution in [3.63, 3.8) is 0 Å². The second kappa shape index (κ2) is 10.1. The van der Waals surface area contributed by atoms with Gasteiger partial charge in [-0.1, -0.05) is 30.0 Å². The van der Waals surface area contributed by atoms with Gasteiger partial charge in [0.2, 0.25) is 11.8 Å². The van der Waals surface area contributed by atoms with E-state index in [9.17, 15) is 9.18 Å². The van der Waals surface area contributed by atoms with Crippen LogP contribution in [0, 0.1) is 5.82 Å². The third kappa shape index (κ3) is 5.73. The molecule has 0 fully saturated rings. The van der Waals surface area contributed by atoms with E-state index in [1.54, 1.807) is 39.3 Å². The number of halogens is 1. The van der Waals surface area contributed by atoms with Gasteiger partial charge in [0.1, 0.15) is 5.82 Å². The topological polar surface area (TPSA) is 86.5 Å². The fourth-order valence-corrected chi connectivity index (χ4v) is 3.43. The molecule has 0 bridgehead atoms. The minimum atomic E-state index is -0.437. The molecule has 0 aliphatic heterocycles. The fourth-order valence-electron chi connectivity index (χ4n) is 2.71. The number of methoxy groups -OCH3 is 2. The first-order valence-electron chi connectivity index (χ1n) is 9.20. The van der Waals surface area contributed by atoms with Gasteiger partial charge in [-0.05, 0) is 42.3 Å². The number of nitrogens with one attached hydrogen (secondary N) is 1. The van der Waals surface area contributed by atoms with Crippen LogP contribution in [0.5, 0.6) is 11.5 Å². The van der Waals surface area contributed by atoms with Crippen molar-refractivity contribution in [2.75, 3.05) is 14.2 Å². The highest BCUT2D eigenvalue weighted by Gasteiger charge is 2.18. The van der Waals surface area contributed by atoms with Gasteiger partial charge in [0, 0.05) is 6.54 Å². The number of carbonyl (C=O) groups excluding carboxylic acids is 1. The summed E-state index contributed by atoms with van der Waals surface area (Å²) in [6.07, 6.45) is 0.325. The Kier molecular flexibility index (Phi) is 7.29. The zero-order chi connectivity index (χ0) is 21.5. The lowest BCUT2D eigenvalue weighted by molar-refractivity contribution is -0.120. The molecule has 1 unspecified atom stereocenters. The minimum Gasteiger partial charge on any atom is -0.493 e. The summed E-state index contributed by atoms with van der Waals surface area (Å²) in [5.74, 6) is 1.10. The van der Waals surface area contributed by atoms with Crippen LogP contribution in [0.2, 0.25) is 0 Å². The van der Waals surface area contributed by atoms with Crippen molar-refractivity contribution >= 4 is 17.7 Å². The predicted molar refractivity (Wildman–Crippen MR) is 110 cm³/mol. The molecular weight excluding hydrogens is 409 g/mol. The molecule has 9 heteroatoms. The van der Waals surface area contributed by atoms with Crippen molar-refractivity contribution in [3.05, 3.63) is 65.3 Å². The number of benzene rings is 2. The van der Waals surface area contributed by atoms with Crippen LogP contribution in [0.4, 0.5) is 4.39 Å². The molecule has 1 atom stereocenters. The Morgan fingerprint density at radius 2 is 1.93 bits per heavy atom. The number of carbonyl (C=O) groups is 1. The van der Waals surface area contributed by atoms with Gasteiger partial charge in [0.15, 0.2) is 11.5 Å². The number of nitrogens with zero attached hydrogens (tertiary/aromatic N) is 2. The Balaban J connectivity index is 1.53. The van der Waals surface area contributed by atoms with Gasteiger partial charge in [-0.25, -0.2) is 4.39 Å². The number of aromatic nitrogens is 2. The van der Waals surface area contributed by atoms with Crippen molar-refractivity contribution in [2.24, 2.45) is 0 Å². The molecule has 30 heavy (non-hydrogen) atoms. The summed E-state index contributed by atoms with van der Waals surface area (Å²) in [5, 5.41) is 10.6. The molecule has 158 valence electrons. The second-order valence-electron chi connectivity index (χ2n) is 6.44. The summed E-state index contributed by atoms with van der Waals surface area (Å²) >= 11 is 1.16. The van der Waals surface area contributed by atoms with E-state index in [-0.39, 0.29) is 16.9 Å². The van der Waals surface area contributed by atoms with Gasteiger partial charge in [-0.3, -0.25) is 4.79 Å². The molecule has 0 aliphatic carbocycles. The van der Waals surface area contributed by atoms with Crippen LogP contribution in [-0.4, -0.2) is 35.6 Å². The molecule has 0 radical (unpaired) electrons. The zero-order valence-corrected chi connectivity index (χ0v) is 17.7. The quantitative estimate of drug-likeness (QED) is 0.518. The van der Waals surface area contributed by atoms with E-state index in [1.807, 2.05) is 12.1 Å². The first-order valence-corrected chi connectivity index (χ1v) is 10.1. The summed E-state index contributed by atoms with van der Waals surface area (Å²) in [6.45, 7) is 2.10. The minimum absolute atomic E-state index is 0.167. The van der Waals surface area contributed by atoms with Gasteiger partial charge in [-0.2, -0.15) is 0 Å². The van der Waals surface area contributed by atoms with Crippen LogP contribution in [0.1, 0.15) is 23.9 Å². The van der Waals surface area contributed by atoms with Gasteiger partial charge in [0.05, 0.1) is 25.9 Å². The third-order valence-electron chi connectivity index (χ3n) is 4.25. The smallest absolute Gasteiger partial charge is 0.277 e. The van der Waals surface area contributed by atoms with Crippen LogP contribution >= 0.6 is 11.8 Å². The molecule has 1 aromatic heterocycles. The second-order valence-corrected chi connectivity index (χ2v) is 7.73. The monoisotopic (exact) mass is 431 g/mol. The number of thioether (sulfide) groups is 1. The number of hydrogen-bond acceptors (Lipinski definition) is 7. The maximum absolute atomic E-state index is 13.3. The summed E-state index contributed by atoms with van der Waals surface area (Å²) in [6, 6.07) is 11.7. The van der Waals surface area contributed by atoms with Crippen LogP contribution in [0.3, 0.4) is 0 Å². The molecule has 3 aromatic rings. The lowest BCUT2D eigenvalue weighted by Crippen LogP contribution is -2.30. The molecule has 0 aliphatic rings. The molecule has 7 nitrogen and oxygen atoms in total. The number of rotatable bonds is 9. The maximum Gasteiger partial charge on any atom is 0.277 e. The maximum atomic E-state index is 13.3. The Morgan fingerprint density at radius 3 is 2.67 bits per heavy atom. The number of amides is 1. The van der Waals surface area contributed by atoms with Crippen molar-refractivity contribution in [3.8, 4) is 11.5 Å². The van der Waals surface area contributed by atoms with Crippen LogP contribution < -0.4 is 14.8 Å². The van der Waals surface area contributed by atoms with Gasteiger partial charge < -0.3 is 19.2 Å². The van der Waals surface area contributed by atoms with E-state index in [2.05, 4.69) is 15.5 Å². The Morgan fingerprint density at radius 1 is 1.13 bits per heavy atom. The molecule has 1 amide bonds. The highest BCUT2D eigenvalue weighted by Crippen LogP contribution is 2.27. The largest absolute Gasteiger partial charge is 0.493 e. The van der Waals surface area contributed by atoms with Gasteiger partial charge in [0.25, 0.3) is 5.22 Å². The molecular formula is C21H22FN3O4S. The standard InChI is InChI=1S/C21H22FN3O4S/c1-13(20(26)23-12-15-7-8-17(27-2)18(10-15)28-3)30-21-25-24-19(29-21)11-14-5-4-6-16(22)9-14/h4-10,13H,11-12H2,1-3H3,(H,23,26). The average Bonchev–Trinajstić information content (AvgIpc) is 3.18. The van der Waals surface area contributed by atoms with E-state index >= 15 is 0 Å². The van der Waals surface area contributed by atoms with Crippen LogP contribution in [0.15, 0.2) is 52.1 Å². The highest BCUT2D eigenvalue weighted by molar-refractivity contribution is 8.00. The lowest BCUT2D eigenvalue weighted by Gasteiger charge is -2.12. The number of hydrogen-bond donors (Lipinski definition) is 1. The van der Waals surface area contributed by atoms with E-state index in [4.69, 9.17) is 13.9 Å². The van der Waals surface area contributed by atoms with E-state index in [0.29, 0.717) is 30.4 Å². The summed E-state index contributed by atoms with van der Waals surface area (Å²) in [5.41, 5.74) is 1.62. The molecule has 2 aromatic carbocycles. The summed E-state index contributed by atoms with van der Waals surface area (Å²) in [7, 11) is 3.13.